The lowest BCUT2D eigenvalue weighted by Gasteiger charge is -2.04. The predicted octanol–water partition coefficient (Wildman–Crippen LogP) is 2.32. The summed E-state index contributed by atoms with van der Waals surface area (Å²) < 4.78 is 0. The maximum Gasteiger partial charge on any atom is 0.336 e. The van der Waals surface area contributed by atoms with Gasteiger partial charge in [-0.05, 0) is 30.3 Å². The van der Waals surface area contributed by atoms with Crippen molar-refractivity contribution >= 4 is 17.0 Å². The molecule has 18 heavy (non-hydrogen) atoms. The highest BCUT2D eigenvalue weighted by molar-refractivity contribution is 6.02. The van der Waals surface area contributed by atoms with Crippen LogP contribution in [0.4, 0.5) is 0 Å². The van der Waals surface area contributed by atoms with E-state index in [0.717, 1.165) is 5.69 Å². The molecule has 3 aromatic rings. The summed E-state index contributed by atoms with van der Waals surface area (Å²) in [6.45, 7) is 0. The number of aromatic carboxylic acids is 1. The van der Waals surface area contributed by atoms with E-state index in [-0.39, 0.29) is 5.56 Å². The van der Waals surface area contributed by atoms with Crippen molar-refractivity contribution in [2.75, 3.05) is 0 Å². The Morgan fingerprint density at radius 1 is 1.28 bits per heavy atom. The van der Waals surface area contributed by atoms with E-state index in [2.05, 4.69) is 15.0 Å². The molecule has 3 aromatic heterocycles. The lowest BCUT2D eigenvalue weighted by Crippen LogP contribution is -2.01. The second kappa shape index (κ2) is 3.96. The molecule has 0 aliphatic carbocycles. The van der Waals surface area contributed by atoms with Crippen molar-refractivity contribution in [2.45, 2.75) is 0 Å². The van der Waals surface area contributed by atoms with Crippen LogP contribution < -0.4 is 0 Å². The molecule has 3 heterocycles. The van der Waals surface area contributed by atoms with Gasteiger partial charge >= 0.3 is 5.97 Å². The number of carboxylic acids is 1. The summed E-state index contributed by atoms with van der Waals surface area (Å²) in [6, 6.07) is 8.63. The summed E-state index contributed by atoms with van der Waals surface area (Å²) in [5.41, 5.74) is 1.98. The van der Waals surface area contributed by atoms with Gasteiger partial charge in [0.2, 0.25) is 0 Å². The summed E-state index contributed by atoms with van der Waals surface area (Å²) in [4.78, 5) is 22.7. The topological polar surface area (TPSA) is 78.9 Å². The van der Waals surface area contributed by atoms with Crippen LogP contribution in [-0.2, 0) is 0 Å². The van der Waals surface area contributed by atoms with Gasteiger partial charge in [0.15, 0.2) is 5.65 Å². The smallest absolute Gasteiger partial charge is 0.336 e. The van der Waals surface area contributed by atoms with Gasteiger partial charge in [-0.2, -0.15) is 0 Å². The van der Waals surface area contributed by atoms with Gasteiger partial charge in [-0.1, -0.05) is 0 Å². The Morgan fingerprint density at radius 3 is 2.89 bits per heavy atom. The Morgan fingerprint density at radius 2 is 2.17 bits per heavy atom. The van der Waals surface area contributed by atoms with Crippen LogP contribution in [0.3, 0.4) is 0 Å². The van der Waals surface area contributed by atoms with Crippen molar-refractivity contribution in [3.63, 3.8) is 0 Å². The van der Waals surface area contributed by atoms with Crippen LogP contribution in [0.15, 0.2) is 42.7 Å². The molecule has 0 aromatic carbocycles. The summed E-state index contributed by atoms with van der Waals surface area (Å²) in [6.07, 6.45) is 3.36. The molecule has 0 unspecified atom stereocenters. The first kappa shape index (κ1) is 10.5. The minimum Gasteiger partial charge on any atom is -0.478 e. The van der Waals surface area contributed by atoms with E-state index in [9.17, 15) is 9.90 Å². The second-order valence-corrected chi connectivity index (χ2v) is 3.82. The molecule has 0 saturated heterocycles. The predicted molar refractivity (Wildman–Crippen MR) is 66.3 cm³/mol. The number of nitrogens with one attached hydrogen (secondary N) is 1. The van der Waals surface area contributed by atoms with Crippen LogP contribution >= 0.6 is 0 Å². The third kappa shape index (κ3) is 1.62. The second-order valence-electron chi connectivity index (χ2n) is 3.82. The monoisotopic (exact) mass is 239 g/mol. The molecule has 0 amide bonds. The molecular weight excluding hydrogens is 230 g/mol. The Kier molecular flexibility index (Phi) is 2.30. The number of H-pyrrole nitrogens is 1. The van der Waals surface area contributed by atoms with Gasteiger partial charge < -0.3 is 10.1 Å². The van der Waals surface area contributed by atoms with E-state index < -0.39 is 5.97 Å². The molecule has 88 valence electrons. The van der Waals surface area contributed by atoms with Gasteiger partial charge in [-0.3, -0.25) is 0 Å². The number of carbonyl (C=O) groups is 1. The minimum absolute atomic E-state index is 0.206. The molecule has 0 aliphatic heterocycles. The lowest BCUT2D eigenvalue weighted by molar-refractivity contribution is 0.0699. The number of pyridine rings is 2. The van der Waals surface area contributed by atoms with Crippen molar-refractivity contribution in [2.24, 2.45) is 0 Å². The summed E-state index contributed by atoms with van der Waals surface area (Å²) in [5.74, 6) is -0.983. The van der Waals surface area contributed by atoms with Crippen molar-refractivity contribution in [1.82, 2.24) is 15.0 Å². The molecule has 5 heteroatoms. The van der Waals surface area contributed by atoms with Gasteiger partial charge in [0, 0.05) is 17.8 Å². The standard InChI is InChI=1S/C13H9N3O2/c17-13(18)9-7-11(10-4-2-5-14-10)16-12-8(9)3-1-6-15-12/h1-7,14H,(H,17,18). The zero-order valence-electron chi connectivity index (χ0n) is 9.29. The van der Waals surface area contributed by atoms with Crippen molar-refractivity contribution < 1.29 is 9.90 Å². The van der Waals surface area contributed by atoms with Crippen LogP contribution in [0, 0.1) is 0 Å². The highest BCUT2D eigenvalue weighted by Crippen LogP contribution is 2.22. The van der Waals surface area contributed by atoms with Gasteiger partial charge in [0.1, 0.15) is 0 Å². The molecular formula is C13H9N3O2. The van der Waals surface area contributed by atoms with Crippen LogP contribution in [0.5, 0.6) is 0 Å². The number of aromatic amines is 1. The number of hydrogen-bond donors (Lipinski definition) is 2. The third-order valence-corrected chi connectivity index (χ3v) is 2.69. The minimum atomic E-state index is -0.983. The molecule has 0 radical (unpaired) electrons. The largest absolute Gasteiger partial charge is 0.478 e. The van der Waals surface area contributed by atoms with Crippen molar-refractivity contribution in [3.8, 4) is 11.4 Å². The van der Waals surface area contributed by atoms with E-state index in [1.165, 1.54) is 0 Å². The summed E-state index contributed by atoms with van der Waals surface area (Å²) in [5, 5.41) is 9.78. The van der Waals surface area contributed by atoms with Crippen LogP contribution in [-0.4, -0.2) is 26.0 Å². The number of rotatable bonds is 2. The van der Waals surface area contributed by atoms with Crippen molar-refractivity contribution in [3.05, 3.63) is 48.3 Å². The number of carboxylic acid groups (broad SMARTS) is 1. The Labute approximate surface area is 102 Å². The molecule has 2 N–H and O–H groups in total. The van der Waals surface area contributed by atoms with E-state index >= 15 is 0 Å². The van der Waals surface area contributed by atoms with E-state index in [4.69, 9.17) is 0 Å². The third-order valence-electron chi connectivity index (χ3n) is 2.69. The van der Waals surface area contributed by atoms with Gasteiger partial charge in [-0.25, -0.2) is 14.8 Å². The molecule has 3 rings (SSSR count). The maximum atomic E-state index is 11.3. The normalized spacial score (nSPS) is 10.7. The zero-order chi connectivity index (χ0) is 12.5. The molecule has 5 nitrogen and oxygen atoms in total. The lowest BCUT2D eigenvalue weighted by atomic mass is 10.1. The highest BCUT2D eigenvalue weighted by atomic mass is 16.4. The summed E-state index contributed by atoms with van der Waals surface area (Å²) >= 11 is 0. The molecule has 0 fully saturated rings. The van der Waals surface area contributed by atoms with Crippen LogP contribution in [0.2, 0.25) is 0 Å². The average Bonchev–Trinajstić information content (AvgIpc) is 2.91. The van der Waals surface area contributed by atoms with E-state index in [0.29, 0.717) is 16.7 Å². The zero-order valence-corrected chi connectivity index (χ0v) is 9.29. The van der Waals surface area contributed by atoms with E-state index in [1.54, 1.807) is 30.6 Å². The fourth-order valence-corrected chi connectivity index (χ4v) is 1.86. The Hall–Kier alpha value is -2.69. The fourth-order valence-electron chi connectivity index (χ4n) is 1.86. The SMILES string of the molecule is O=C(O)c1cc(-c2ccc[nH]2)nc2ncccc12. The van der Waals surface area contributed by atoms with Gasteiger partial charge in [-0.15, -0.1) is 0 Å². The number of hydrogen-bond acceptors (Lipinski definition) is 3. The quantitative estimate of drug-likeness (QED) is 0.719. The molecule has 0 aliphatic rings. The fraction of sp³-hybridized carbons (Fsp3) is 0. The van der Waals surface area contributed by atoms with Crippen molar-refractivity contribution in [1.29, 1.82) is 0 Å². The first-order chi connectivity index (χ1) is 8.75. The van der Waals surface area contributed by atoms with E-state index in [1.807, 2.05) is 12.1 Å². The number of aromatic nitrogens is 3. The van der Waals surface area contributed by atoms with Crippen LogP contribution in [0.1, 0.15) is 10.4 Å². The highest BCUT2D eigenvalue weighted by Gasteiger charge is 2.13. The molecule has 0 saturated carbocycles. The Balaban J connectivity index is 2.33. The van der Waals surface area contributed by atoms with Crippen LogP contribution in [0.25, 0.3) is 22.4 Å². The molecule has 0 spiro atoms. The molecule has 0 bridgehead atoms. The van der Waals surface area contributed by atoms with Gasteiger partial charge in [0.05, 0.1) is 17.0 Å². The van der Waals surface area contributed by atoms with Gasteiger partial charge in [0.25, 0.3) is 0 Å². The number of nitrogens with zero attached hydrogens (tertiary/aromatic N) is 2. The maximum absolute atomic E-state index is 11.3. The number of fused-ring (bicyclic) bond motifs is 1. The average molecular weight is 239 g/mol. The molecule has 0 atom stereocenters. The summed E-state index contributed by atoms with van der Waals surface area (Å²) in [7, 11) is 0. The first-order valence-electron chi connectivity index (χ1n) is 5.38. The Bertz CT molecular complexity index is 720. The first-order valence-corrected chi connectivity index (χ1v) is 5.38.